The number of anilines is 1. The Kier molecular flexibility index (Phi) is 4.99. The van der Waals surface area contributed by atoms with Gasteiger partial charge < -0.3 is 15.8 Å². The van der Waals surface area contributed by atoms with Gasteiger partial charge in [-0.25, -0.2) is 0 Å². The minimum absolute atomic E-state index is 0.150. The molecule has 0 aliphatic rings. The molecule has 0 saturated carbocycles. The monoisotopic (exact) mass is 300 g/mol. The molecular weight excluding hydrogens is 284 g/mol. The Bertz CT molecular complexity index is 711. The van der Waals surface area contributed by atoms with Gasteiger partial charge in [0, 0.05) is 22.7 Å². The van der Waals surface area contributed by atoms with E-state index in [4.69, 9.17) is 10.5 Å². The molecule has 0 aliphatic heterocycles. The summed E-state index contributed by atoms with van der Waals surface area (Å²) in [4.78, 5) is 12.7. The lowest BCUT2D eigenvalue weighted by Crippen LogP contribution is -2.10. The van der Waals surface area contributed by atoms with Crippen molar-refractivity contribution in [3.63, 3.8) is 0 Å². The number of hydrogen-bond acceptors (Lipinski definition) is 4. The van der Waals surface area contributed by atoms with Crippen LogP contribution in [0, 0.1) is 18.8 Å². The fourth-order valence-electron chi connectivity index (χ4n) is 1.77. The summed E-state index contributed by atoms with van der Waals surface area (Å²) in [6.45, 7) is 2.28. The summed E-state index contributed by atoms with van der Waals surface area (Å²) in [5.74, 6) is 6.35. The van der Waals surface area contributed by atoms with E-state index in [0.717, 1.165) is 16.8 Å². The van der Waals surface area contributed by atoms with Crippen LogP contribution in [-0.2, 0) is 0 Å². The van der Waals surface area contributed by atoms with Crippen LogP contribution in [0.2, 0.25) is 0 Å². The quantitative estimate of drug-likeness (QED) is 0.856. The Labute approximate surface area is 127 Å². The highest BCUT2D eigenvalue weighted by atomic mass is 32.1. The number of thiophene rings is 1. The third kappa shape index (κ3) is 3.85. The van der Waals surface area contributed by atoms with E-state index in [0.29, 0.717) is 17.2 Å². The molecule has 0 fully saturated rings. The molecule has 0 radical (unpaired) electrons. The summed E-state index contributed by atoms with van der Waals surface area (Å²) in [6, 6.07) is 7.32. The van der Waals surface area contributed by atoms with Gasteiger partial charge in [-0.15, -0.1) is 11.3 Å². The highest BCUT2D eigenvalue weighted by molar-refractivity contribution is 7.12. The molecule has 2 aromatic rings. The van der Waals surface area contributed by atoms with E-state index < -0.39 is 0 Å². The highest BCUT2D eigenvalue weighted by Crippen LogP contribution is 2.22. The van der Waals surface area contributed by atoms with Crippen LogP contribution < -0.4 is 15.8 Å². The summed E-state index contributed by atoms with van der Waals surface area (Å²) < 4.78 is 5.07. The number of rotatable bonds is 3. The Balaban J connectivity index is 2.12. The molecule has 1 aromatic heterocycles. The molecule has 0 spiro atoms. The van der Waals surface area contributed by atoms with Crippen molar-refractivity contribution in [2.24, 2.45) is 5.73 Å². The topological polar surface area (TPSA) is 64.3 Å². The highest BCUT2D eigenvalue weighted by Gasteiger charge is 2.10. The van der Waals surface area contributed by atoms with E-state index in [1.165, 1.54) is 11.3 Å². The van der Waals surface area contributed by atoms with Gasteiger partial charge in [-0.3, -0.25) is 4.79 Å². The van der Waals surface area contributed by atoms with Gasteiger partial charge in [0.1, 0.15) is 5.75 Å². The van der Waals surface area contributed by atoms with Gasteiger partial charge in [-0.1, -0.05) is 11.8 Å². The number of aryl methyl sites for hydroxylation is 1. The molecule has 0 atom stereocenters. The first kappa shape index (κ1) is 15.1. The van der Waals surface area contributed by atoms with E-state index in [-0.39, 0.29) is 5.91 Å². The first-order valence-electron chi connectivity index (χ1n) is 6.37. The first-order valence-corrected chi connectivity index (χ1v) is 7.25. The van der Waals surface area contributed by atoms with Crippen LogP contribution in [0.4, 0.5) is 5.69 Å². The maximum absolute atomic E-state index is 12.1. The van der Waals surface area contributed by atoms with E-state index in [9.17, 15) is 4.79 Å². The summed E-state index contributed by atoms with van der Waals surface area (Å²) in [7, 11) is 1.58. The first-order chi connectivity index (χ1) is 10.1. The predicted octanol–water partition coefficient (Wildman–Crippen LogP) is 2.63. The Morgan fingerprint density at radius 2 is 2.24 bits per heavy atom. The Hall–Kier alpha value is -2.29. The third-order valence-corrected chi connectivity index (χ3v) is 3.75. The van der Waals surface area contributed by atoms with Crippen molar-refractivity contribution in [2.75, 3.05) is 19.0 Å². The normalized spacial score (nSPS) is 9.67. The molecule has 1 amide bonds. The molecule has 0 unspecified atom stereocenters. The second-order valence-corrected chi connectivity index (χ2v) is 5.25. The van der Waals surface area contributed by atoms with Crippen molar-refractivity contribution in [1.82, 2.24) is 0 Å². The number of nitrogens with one attached hydrogen (secondary N) is 1. The van der Waals surface area contributed by atoms with E-state index >= 15 is 0 Å². The number of carbonyl (C=O) groups is 1. The van der Waals surface area contributed by atoms with Gasteiger partial charge in [-0.05, 0) is 30.7 Å². The number of hydrogen-bond donors (Lipinski definition) is 2. The van der Waals surface area contributed by atoms with Crippen LogP contribution >= 0.6 is 11.3 Å². The van der Waals surface area contributed by atoms with E-state index in [2.05, 4.69) is 17.2 Å². The van der Waals surface area contributed by atoms with Crippen molar-refractivity contribution in [3.05, 3.63) is 45.6 Å². The van der Waals surface area contributed by atoms with E-state index in [1.54, 1.807) is 18.6 Å². The molecule has 108 valence electrons. The van der Waals surface area contributed by atoms with Crippen molar-refractivity contribution in [2.45, 2.75) is 6.92 Å². The zero-order valence-corrected chi connectivity index (χ0v) is 12.7. The fraction of sp³-hybridized carbons (Fsp3) is 0.188. The molecule has 0 bridgehead atoms. The van der Waals surface area contributed by atoms with Crippen LogP contribution in [0.25, 0.3) is 0 Å². The molecule has 1 aromatic carbocycles. The number of nitrogens with two attached hydrogens (primary N) is 1. The number of amides is 1. The van der Waals surface area contributed by atoms with Crippen LogP contribution in [0.5, 0.6) is 5.75 Å². The van der Waals surface area contributed by atoms with Crippen molar-refractivity contribution in [1.29, 1.82) is 0 Å². The van der Waals surface area contributed by atoms with Crippen LogP contribution in [0.15, 0.2) is 29.6 Å². The summed E-state index contributed by atoms with van der Waals surface area (Å²) >= 11 is 1.35. The van der Waals surface area contributed by atoms with Crippen molar-refractivity contribution < 1.29 is 9.53 Å². The minimum Gasteiger partial charge on any atom is -0.496 e. The second kappa shape index (κ2) is 6.93. The SMILES string of the molecule is COc1csc(C(=O)Nc2ccc(C#CCN)c(C)c2)c1. The predicted molar refractivity (Wildman–Crippen MR) is 85.9 cm³/mol. The average molecular weight is 300 g/mol. The van der Waals surface area contributed by atoms with Crippen molar-refractivity contribution in [3.8, 4) is 17.6 Å². The summed E-state index contributed by atoms with van der Waals surface area (Å²) in [5, 5.41) is 4.66. The van der Waals surface area contributed by atoms with Gasteiger partial charge in [0.15, 0.2) is 0 Å². The van der Waals surface area contributed by atoms with Crippen molar-refractivity contribution >= 4 is 22.9 Å². The van der Waals surface area contributed by atoms with Gasteiger partial charge in [-0.2, -0.15) is 0 Å². The molecule has 0 aliphatic carbocycles. The largest absolute Gasteiger partial charge is 0.496 e. The summed E-state index contributed by atoms with van der Waals surface area (Å²) in [5.41, 5.74) is 8.01. The number of methoxy groups -OCH3 is 1. The van der Waals surface area contributed by atoms with Crippen LogP contribution in [0.1, 0.15) is 20.8 Å². The number of benzene rings is 1. The lowest BCUT2D eigenvalue weighted by Gasteiger charge is -2.06. The maximum atomic E-state index is 12.1. The zero-order chi connectivity index (χ0) is 15.2. The fourth-order valence-corrected chi connectivity index (χ4v) is 2.52. The molecule has 21 heavy (non-hydrogen) atoms. The average Bonchev–Trinajstić information content (AvgIpc) is 2.95. The van der Waals surface area contributed by atoms with E-state index in [1.807, 2.05) is 25.1 Å². The van der Waals surface area contributed by atoms with Gasteiger partial charge in [0.05, 0.1) is 18.5 Å². The lowest BCUT2D eigenvalue weighted by molar-refractivity contribution is 0.103. The molecule has 0 saturated heterocycles. The molecular formula is C16H16N2O2S. The standard InChI is InChI=1S/C16H16N2O2S/c1-11-8-13(6-5-12(11)4-3-7-17)18-16(19)15-9-14(20-2)10-21-15/h5-6,8-10H,7,17H2,1-2H3,(H,18,19). The second-order valence-electron chi connectivity index (χ2n) is 4.34. The number of ether oxygens (including phenoxy) is 1. The summed E-state index contributed by atoms with van der Waals surface area (Å²) in [6.07, 6.45) is 0. The molecule has 3 N–H and O–H groups in total. The van der Waals surface area contributed by atoms with Gasteiger partial charge in [0.25, 0.3) is 5.91 Å². The minimum atomic E-state index is -0.150. The number of carbonyl (C=O) groups excluding carboxylic acids is 1. The Morgan fingerprint density at radius 3 is 2.86 bits per heavy atom. The Morgan fingerprint density at radius 1 is 1.43 bits per heavy atom. The molecule has 2 rings (SSSR count). The lowest BCUT2D eigenvalue weighted by atomic mass is 10.1. The third-order valence-electron chi connectivity index (χ3n) is 2.84. The van der Waals surface area contributed by atoms with Gasteiger partial charge in [0.2, 0.25) is 0 Å². The van der Waals surface area contributed by atoms with Gasteiger partial charge >= 0.3 is 0 Å². The molecule has 5 heteroatoms. The van der Waals surface area contributed by atoms with Crippen LogP contribution in [-0.4, -0.2) is 19.6 Å². The smallest absolute Gasteiger partial charge is 0.265 e. The molecule has 1 heterocycles. The zero-order valence-electron chi connectivity index (χ0n) is 11.9. The van der Waals surface area contributed by atoms with Crippen LogP contribution in [0.3, 0.4) is 0 Å². The maximum Gasteiger partial charge on any atom is 0.265 e. The molecule has 4 nitrogen and oxygen atoms in total.